The Balaban J connectivity index is 1.41. The highest BCUT2D eigenvalue weighted by atomic mass is 19.1. The summed E-state index contributed by atoms with van der Waals surface area (Å²) >= 11 is 0. The largest absolute Gasteiger partial charge is 0.394 e. The first-order valence-electron chi connectivity index (χ1n) is 11.8. The van der Waals surface area contributed by atoms with Crippen LogP contribution in [0, 0.1) is 5.82 Å². The normalized spacial score (nSPS) is 13.1. The fourth-order valence-electron chi connectivity index (χ4n) is 4.14. The first-order valence-corrected chi connectivity index (χ1v) is 11.8. The highest BCUT2D eigenvalue weighted by Crippen LogP contribution is 2.31. The summed E-state index contributed by atoms with van der Waals surface area (Å²) in [6, 6.07) is 15.2. The number of carbonyl (C=O) groups excluding carboxylic acids is 1. The van der Waals surface area contributed by atoms with Crippen LogP contribution in [-0.4, -0.2) is 55.5 Å². The Labute approximate surface area is 207 Å². The maximum absolute atomic E-state index is 13.6. The Morgan fingerprint density at radius 3 is 2.61 bits per heavy atom. The first-order chi connectivity index (χ1) is 17.6. The number of nitrogens with zero attached hydrogens (tertiary/aromatic N) is 5. The van der Waals surface area contributed by atoms with E-state index in [9.17, 15) is 14.3 Å². The third kappa shape index (κ3) is 5.33. The van der Waals surface area contributed by atoms with Gasteiger partial charge in [-0.1, -0.05) is 18.2 Å². The quantitative estimate of drug-likeness (QED) is 0.354. The Morgan fingerprint density at radius 2 is 1.86 bits per heavy atom. The van der Waals surface area contributed by atoms with Gasteiger partial charge >= 0.3 is 6.03 Å². The summed E-state index contributed by atoms with van der Waals surface area (Å²) in [5.74, 6) is -0.0391. The van der Waals surface area contributed by atoms with Gasteiger partial charge in [0.15, 0.2) is 0 Å². The second-order valence-electron chi connectivity index (χ2n) is 8.48. The zero-order valence-corrected chi connectivity index (χ0v) is 19.6. The Bertz CT molecular complexity index is 1350. The lowest BCUT2D eigenvalue weighted by atomic mass is 10.1. The standard InChI is InChI=1S/C26H26FN7O2/c27-19-4-3-5-21(16-19)29-25-28-11-10-23(31-25)22-17-34(14-15-35)32-24(22)18-6-8-20(9-7-18)30-26(36)33-12-1-2-13-33/h3-11,16-17,35H,1-2,12-15H2,(H,30,36)(H,28,29,31). The van der Waals surface area contributed by atoms with Gasteiger partial charge in [-0.3, -0.25) is 4.68 Å². The lowest BCUT2D eigenvalue weighted by Gasteiger charge is -2.16. The van der Waals surface area contributed by atoms with Crippen LogP contribution in [-0.2, 0) is 6.54 Å². The molecular formula is C26H26FN7O2. The van der Waals surface area contributed by atoms with Crippen LogP contribution in [0.25, 0.3) is 22.5 Å². The Hall–Kier alpha value is -4.31. The van der Waals surface area contributed by atoms with Gasteiger partial charge in [-0.25, -0.2) is 19.2 Å². The molecule has 2 aromatic heterocycles. The van der Waals surface area contributed by atoms with Crippen LogP contribution in [0.2, 0.25) is 0 Å². The number of carbonyl (C=O) groups is 1. The van der Waals surface area contributed by atoms with Crippen molar-refractivity contribution < 1.29 is 14.3 Å². The second-order valence-corrected chi connectivity index (χ2v) is 8.48. The molecule has 0 bridgehead atoms. The molecule has 9 nitrogen and oxygen atoms in total. The molecule has 1 aliphatic rings. The molecule has 0 radical (unpaired) electrons. The molecule has 184 valence electrons. The molecule has 4 aromatic rings. The number of hydrogen-bond donors (Lipinski definition) is 3. The first kappa shape index (κ1) is 23.4. The zero-order chi connectivity index (χ0) is 24.9. The van der Waals surface area contributed by atoms with Crippen LogP contribution in [0.1, 0.15) is 12.8 Å². The lowest BCUT2D eigenvalue weighted by molar-refractivity contribution is 0.222. The van der Waals surface area contributed by atoms with E-state index in [1.54, 1.807) is 29.1 Å². The molecule has 1 fully saturated rings. The van der Waals surface area contributed by atoms with Gasteiger partial charge in [0.05, 0.1) is 18.8 Å². The number of amides is 2. The van der Waals surface area contributed by atoms with E-state index in [0.717, 1.165) is 37.1 Å². The summed E-state index contributed by atoms with van der Waals surface area (Å²) in [6.45, 7) is 1.84. The number of benzene rings is 2. The van der Waals surface area contributed by atoms with Crippen LogP contribution in [0.15, 0.2) is 67.0 Å². The number of aliphatic hydroxyl groups excluding tert-OH is 1. The minimum atomic E-state index is -0.358. The summed E-state index contributed by atoms with van der Waals surface area (Å²) in [6.07, 6.45) is 5.51. The van der Waals surface area contributed by atoms with Crippen LogP contribution in [0.5, 0.6) is 0 Å². The molecule has 1 saturated heterocycles. The fourth-order valence-corrected chi connectivity index (χ4v) is 4.14. The van der Waals surface area contributed by atoms with Gasteiger partial charge in [-0.15, -0.1) is 0 Å². The van der Waals surface area contributed by atoms with Crippen molar-refractivity contribution in [3.05, 3.63) is 72.8 Å². The van der Waals surface area contributed by atoms with Gasteiger partial charge in [0.25, 0.3) is 0 Å². The molecule has 36 heavy (non-hydrogen) atoms. The third-order valence-electron chi connectivity index (χ3n) is 5.91. The summed E-state index contributed by atoms with van der Waals surface area (Å²) in [7, 11) is 0. The van der Waals surface area contributed by atoms with Gasteiger partial charge < -0.3 is 20.6 Å². The van der Waals surface area contributed by atoms with Crippen molar-refractivity contribution in [2.75, 3.05) is 30.3 Å². The van der Waals surface area contributed by atoms with E-state index >= 15 is 0 Å². The summed E-state index contributed by atoms with van der Waals surface area (Å²) in [5.41, 5.74) is 4.12. The SMILES string of the molecule is O=C(Nc1ccc(-c2nn(CCO)cc2-c2ccnc(Nc3cccc(F)c3)n2)cc1)N1CCCC1. The van der Waals surface area contributed by atoms with Crippen molar-refractivity contribution in [2.24, 2.45) is 0 Å². The smallest absolute Gasteiger partial charge is 0.321 e. The van der Waals surface area contributed by atoms with E-state index in [-0.39, 0.29) is 18.5 Å². The van der Waals surface area contributed by atoms with Gasteiger partial charge in [0.1, 0.15) is 11.5 Å². The molecule has 0 spiro atoms. The van der Waals surface area contributed by atoms with Crippen molar-refractivity contribution in [1.82, 2.24) is 24.6 Å². The molecule has 0 aliphatic carbocycles. The molecule has 3 N–H and O–H groups in total. The average Bonchev–Trinajstić information content (AvgIpc) is 3.56. The van der Waals surface area contributed by atoms with Crippen molar-refractivity contribution in [3.8, 4) is 22.5 Å². The maximum atomic E-state index is 13.6. The number of anilines is 3. The maximum Gasteiger partial charge on any atom is 0.321 e. The molecule has 1 aliphatic heterocycles. The molecule has 5 rings (SSSR count). The van der Waals surface area contributed by atoms with Crippen molar-refractivity contribution in [3.63, 3.8) is 0 Å². The number of likely N-dealkylation sites (tertiary alicyclic amines) is 1. The van der Waals surface area contributed by atoms with E-state index in [0.29, 0.717) is 35.3 Å². The molecular weight excluding hydrogens is 461 g/mol. The number of aliphatic hydroxyl groups is 1. The molecule has 0 atom stereocenters. The number of nitrogens with one attached hydrogen (secondary N) is 2. The summed E-state index contributed by atoms with van der Waals surface area (Å²) in [4.78, 5) is 23.1. The molecule has 2 amide bonds. The highest BCUT2D eigenvalue weighted by molar-refractivity contribution is 5.90. The highest BCUT2D eigenvalue weighted by Gasteiger charge is 2.19. The van der Waals surface area contributed by atoms with Crippen molar-refractivity contribution in [1.29, 1.82) is 0 Å². The van der Waals surface area contributed by atoms with Crippen molar-refractivity contribution in [2.45, 2.75) is 19.4 Å². The average molecular weight is 488 g/mol. The number of halogens is 1. The minimum Gasteiger partial charge on any atom is -0.394 e. The van der Waals surface area contributed by atoms with E-state index in [1.165, 1.54) is 12.1 Å². The number of urea groups is 1. The molecule has 2 aromatic carbocycles. The van der Waals surface area contributed by atoms with Crippen molar-refractivity contribution >= 4 is 23.4 Å². The van der Waals surface area contributed by atoms with Crippen LogP contribution in [0.3, 0.4) is 0 Å². The van der Waals surface area contributed by atoms with Crippen LogP contribution >= 0.6 is 0 Å². The fraction of sp³-hybridized carbons (Fsp3) is 0.231. The van der Waals surface area contributed by atoms with Gasteiger partial charge in [-0.05, 0) is 49.2 Å². The minimum absolute atomic E-state index is 0.0574. The number of rotatable bonds is 7. The third-order valence-corrected chi connectivity index (χ3v) is 5.91. The Morgan fingerprint density at radius 1 is 1.06 bits per heavy atom. The molecule has 0 unspecified atom stereocenters. The van der Waals surface area contributed by atoms with E-state index in [1.807, 2.05) is 35.4 Å². The number of hydrogen-bond acceptors (Lipinski definition) is 6. The summed E-state index contributed by atoms with van der Waals surface area (Å²) < 4.78 is 15.2. The lowest BCUT2D eigenvalue weighted by Crippen LogP contribution is -2.32. The summed E-state index contributed by atoms with van der Waals surface area (Å²) in [5, 5.41) is 20.0. The molecule has 10 heteroatoms. The Kier molecular flexibility index (Phi) is 6.85. The molecule has 0 saturated carbocycles. The van der Waals surface area contributed by atoms with Crippen LogP contribution in [0.4, 0.5) is 26.5 Å². The number of aromatic nitrogens is 4. The van der Waals surface area contributed by atoms with Gasteiger partial charge in [0, 0.05) is 48.0 Å². The van der Waals surface area contributed by atoms with Gasteiger partial charge in [-0.2, -0.15) is 5.10 Å². The topological polar surface area (TPSA) is 108 Å². The van der Waals surface area contributed by atoms with Crippen LogP contribution < -0.4 is 10.6 Å². The van der Waals surface area contributed by atoms with Gasteiger partial charge in [0.2, 0.25) is 5.95 Å². The predicted octanol–water partition coefficient (Wildman–Crippen LogP) is 4.51. The molecule has 3 heterocycles. The predicted molar refractivity (Wildman–Crippen MR) is 135 cm³/mol. The van der Waals surface area contributed by atoms with E-state index < -0.39 is 0 Å². The monoisotopic (exact) mass is 487 g/mol. The zero-order valence-electron chi connectivity index (χ0n) is 19.6. The van der Waals surface area contributed by atoms with E-state index in [4.69, 9.17) is 0 Å². The van der Waals surface area contributed by atoms with E-state index in [2.05, 4.69) is 25.7 Å². The second kappa shape index (κ2) is 10.5.